The monoisotopic (exact) mass is 289 g/mol. The van der Waals surface area contributed by atoms with Crippen LogP contribution < -0.4 is 5.73 Å². The molecule has 0 spiro atoms. The van der Waals surface area contributed by atoms with Crippen LogP contribution in [0.15, 0.2) is 35.2 Å². The van der Waals surface area contributed by atoms with E-state index in [-0.39, 0.29) is 6.04 Å². The van der Waals surface area contributed by atoms with Crippen molar-refractivity contribution in [3.63, 3.8) is 0 Å². The van der Waals surface area contributed by atoms with Crippen LogP contribution in [0.1, 0.15) is 43.8 Å². The first-order valence-corrected chi connectivity index (χ1v) is 8.16. The van der Waals surface area contributed by atoms with Gasteiger partial charge in [-0.15, -0.1) is 11.8 Å². The molecular weight excluding hydrogens is 266 g/mol. The first-order valence-electron chi connectivity index (χ1n) is 7.18. The number of aromatic nitrogens is 2. The Morgan fingerprint density at radius 1 is 1.30 bits per heavy atom. The van der Waals surface area contributed by atoms with E-state index >= 15 is 0 Å². The standard InChI is InChI=1S/C16H23N3S/c1-4-14-10-15(19(5-2)18-14)11-20-16-8-6-7-13(9-16)12(3)17/h6-10,12H,4-5,11,17H2,1-3H3. The highest BCUT2D eigenvalue weighted by Crippen LogP contribution is 2.25. The van der Waals surface area contributed by atoms with Crippen LogP contribution in [0.3, 0.4) is 0 Å². The van der Waals surface area contributed by atoms with Crippen LogP contribution in [0.2, 0.25) is 0 Å². The number of rotatable bonds is 6. The Labute approximate surface area is 125 Å². The largest absolute Gasteiger partial charge is 0.324 e. The van der Waals surface area contributed by atoms with E-state index in [1.54, 1.807) is 0 Å². The summed E-state index contributed by atoms with van der Waals surface area (Å²) in [6.45, 7) is 7.22. The van der Waals surface area contributed by atoms with E-state index < -0.39 is 0 Å². The van der Waals surface area contributed by atoms with Gasteiger partial charge in [-0.05, 0) is 44.0 Å². The highest BCUT2D eigenvalue weighted by atomic mass is 32.2. The Morgan fingerprint density at radius 3 is 2.75 bits per heavy atom. The summed E-state index contributed by atoms with van der Waals surface area (Å²) in [4.78, 5) is 1.27. The minimum atomic E-state index is 0.0865. The van der Waals surface area contributed by atoms with Crippen LogP contribution in [0.4, 0.5) is 0 Å². The third-order valence-electron chi connectivity index (χ3n) is 3.35. The third kappa shape index (κ3) is 3.64. The maximum Gasteiger partial charge on any atom is 0.0625 e. The van der Waals surface area contributed by atoms with Crippen molar-refractivity contribution in [1.29, 1.82) is 0 Å². The van der Waals surface area contributed by atoms with Gasteiger partial charge < -0.3 is 5.73 Å². The van der Waals surface area contributed by atoms with Crippen molar-refractivity contribution in [2.24, 2.45) is 5.73 Å². The van der Waals surface area contributed by atoms with Gasteiger partial charge in [-0.1, -0.05) is 19.1 Å². The molecule has 0 bridgehead atoms. The average Bonchev–Trinajstić information content (AvgIpc) is 2.88. The van der Waals surface area contributed by atoms with Crippen molar-refractivity contribution in [3.8, 4) is 0 Å². The molecule has 1 aromatic heterocycles. The van der Waals surface area contributed by atoms with Crippen molar-refractivity contribution in [1.82, 2.24) is 9.78 Å². The molecule has 2 N–H and O–H groups in total. The molecule has 108 valence electrons. The average molecular weight is 289 g/mol. The summed E-state index contributed by atoms with van der Waals surface area (Å²) in [5.74, 6) is 0.948. The van der Waals surface area contributed by atoms with Crippen LogP contribution in [-0.2, 0) is 18.7 Å². The number of nitrogens with zero attached hydrogens (tertiary/aromatic N) is 2. The summed E-state index contributed by atoms with van der Waals surface area (Å²) < 4.78 is 2.10. The predicted octanol–water partition coefficient (Wildman–Crippen LogP) is 3.78. The number of hydrogen-bond donors (Lipinski definition) is 1. The SMILES string of the molecule is CCc1cc(CSc2cccc(C(C)N)c2)n(CC)n1. The molecule has 0 aliphatic carbocycles. The second-order valence-electron chi connectivity index (χ2n) is 4.95. The van der Waals surface area contributed by atoms with E-state index in [0.29, 0.717) is 0 Å². The van der Waals surface area contributed by atoms with Crippen molar-refractivity contribution in [2.45, 2.75) is 50.4 Å². The van der Waals surface area contributed by atoms with Crippen molar-refractivity contribution >= 4 is 11.8 Å². The Bertz CT molecular complexity index is 561. The van der Waals surface area contributed by atoms with Gasteiger partial charge >= 0.3 is 0 Å². The quantitative estimate of drug-likeness (QED) is 0.823. The zero-order valence-electron chi connectivity index (χ0n) is 12.5. The van der Waals surface area contributed by atoms with Crippen LogP contribution in [0.25, 0.3) is 0 Å². The third-order valence-corrected chi connectivity index (χ3v) is 4.37. The van der Waals surface area contributed by atoms with Gasteiger partial charge in [0.15, 0.2) is 0 Å². The maximum absolute atomic E-state index is 5.93. The lowest BCUT2D eigenvalue weighted by Gasteiger charge is -2.08. The normalized spacial score (nSPS) is 12.6. The van der Waals surface area contributed by atoms with E-state index in [1.807, 2.05) is 18.7 Å². The molecule has 3 nitrogen and oxygen atoms in total. The lowest BCUT2D eigenvalue weighted by atomic mass is 10.1. The Kier molecular flexibility index (Phi) is 5.26. The van der Waals surface area contributed by atoms with Crippen LogP contribution in [0, 0.1) is 0 Å². The molecule has 0 radical (unpaired) electrons. The Hall–Kier alpha value is -1.26. The van der Waals surface area contributed by atoms with Gasteiger partial charge in [0.1, 0.15) is 0 Å². The summed E-state index contributed by atoms with van der Waals surface area (Å²) in [7, 11) is 0. The number of nitrogens with two attached hydrogens (primary N) is 1. The fourth-order valence-corrected chi connectivity index (χ4v) is 3.06. The van der Waals surface area contributed by atoms with Crippen molar-refractivity contribution in [2.75, 3.05) is 0 Å². The Balaban J connectivity index is 2.08. The molecule has 1 unspecified atom stereocenters. The molecule has 0 saturated heterocycles. The van der Waals surface area contributed by atoms with E-state index in [2.05, 4.69) is 54.0 Å². The number of hydrogen-bond acceptors (Lipinski definition) is 3. The van der Waals surface area contributed by atoms with Gasteiger partial charge in [0, 0.05) is 28.9 Å². The molecule has 1 atom stereocenters. The number of thioether (sulfide) groups is 1. The maximum atomic E-state index is 5.93. The predicted molar refractivity (Wildman–Crippen MR) is 85.9 cm³/mol. The smallest absolute Gasteiger partial charge is 0.0625 e. The number of aryl methyl sites for hydroxylation is 2. The zero-order valence-corrected chi connectivity index (χ0v) is 13.3. The molecule has 1 aromatic carbocycles. The van der Waals surface area contributed by atoms with Crippen molar-refractivity contribution < 1.29 is 0 Å². The molecule has 4 heteroatoms. The minimum absolute atomic E-state index is 0.0865. The minimum Gasteiger partial charge on any atom is -0.324 e. The molecule has 0 amide bonds. The van der Waals surface area contributed by atoms with Gasteiger partial charge in [0.05, 0.1) is 5.69 Å². The van der Waals surface area contributed by atoms with Crippen molar-refractivity contribution in [3.05, 3.63) is 47.3 Å². The summed E-state index contributed by atoms with van der Waals surface area (Å²) >= 11 is 1.84. The lowest BCUT2D eigenvalue weighted by molar-refractivity contribution is 0.628. The van der Waals surface area contributed by atoms with Crippen LogP contribution >= 0.6 is 11.8 Å². The highest BCUT2D eigenvalue weighted by Gasteiger charge is 2.07. The first kappa shape index (κ1) is 15.1. The summed E-state index contributed by atoms with van der Waals surface area (Å²) in [5.41, 5.74) is 9.59. The molecule has 0 aliphatic rings. The summed E-state index contributed by atoms with van der Waals surface area (Å²) in [5, 5.41) is 4.59. The van der Waals surface area contributed by atoms with Crippen LogP contribution in [0.5, 0.6) is 0 Å². The van der Waals surface area contributed by atoms with Gasteiger partial charge in [-0.2, -0.15) is 5.10 Å². The lowest BCUT2D eigenvalue weighted by Crippen LogP contribution is -2.04. The molecule has 20 heavy (non-hydrogen) atoms. The molecule has 0 aliphatic heterocycles. The van der Waals surface area contributed by atoms with E-state index in [1.165, 1.54) is 21.8 Å². The van der Waals surface area contributed by atoms with E-state index in [0.717, 1.165) is 18.7 Å². The molecule has 2 rings (SSSR count). The molecule has 1 heterocycles. The molecular formula is C16H23N3S. The summed E-state index contributed by atoms with van der Waals surface area (Å²) in [6, 6.07) is 10.8. The van der Waals surface area contributed by atoms with Gasteiger partial charge in [-0.25, -0.2) is 0 Å². The van der Waals surface area contributed by atoms with Crippen LogP contribution in [-0.4, -0.2) is 9.78 Å². The first-order chi connectivity index (χ1) is 9.63. The second-order valence-corrected chi connectivity index (χ2v) is 5.99. The van der Waals surface area contributed by atoms with E-state index in [4.69, 9.17) is 5.73 Å². The fourth-order valence-electron chi connectivity index (χ4n) is 2.12. The fraction of sp³-hybridized carbons (Fsp3) is 0.438. The Morgan fingerprint density at radius 2 is 2.10 bits per heavy atom. The number of benzene rings is 1. The van der Waals surface area contributed by atoms with Gasteiger partial charge in [-0.3, -0.25) is 4.68 Å². The van der Waals surface area contributed by atoms with Gasteiger partial charge in [0.25, 0.3) is 0 Å². The molecule has 0 saturated carbocycles. The summed E-state index contributed by atoms with van der Waals surface area (Å²) in [6.07, 6.45) is 0.991. The van der Waals surface area contributed by atoms with E-state index in [9.17, 15) is 0 Å². The molecule has 0 fully saturated rings. The molecule has 2 aromatic rings. The second kappa shape index (κ2) is 6.95. The topological polar surface area (TPSA) is 43.8 Å². The van der Waals surface area contributed by atoms with Gasteiger partial charge in [0.2, 0.25) is 0 Å². The zero-order chi connectivity index (χ0) is 14.5. The highest BCUT2D eigenvalue weighted by molar-refractivity contribution is 7.98.